The molecule has 3 rings (SSSR count). The maximum Gasteiger partial charge on any atom is 0.337 e. The van der Waals surface area contributed by atoms with E-state index in [1.807, 2.05) is 19.9 Å². The summed E-state index contributed by atoms with van der Waals surface area (Å²) >= 11 is 5.99. The lowest BCUT2D eigenvalue weighted by molar-refractivity contribution is 0.0263. The topological polar surface area (TPSA) is 73.7 Å². The molecule has 1 aliphatic heterocycles. The first kappa shape index (κ1) is 16.0. The molecule has 1 atom stereocenters. The number of rotatable bonds is 3. The number of carbonyl (C=O) groups is 1. The molecule has 0 bridgehead atoms. The van der Waals surface area contributed by atoms with E-state index in [-0.39, 0.29) is 16.5 Å². The molecule has 6 heteroatoms. The van der Waals surface area contributed by atoms with Crippen LogP contribution in [-0.4, -0.2) is 39.9 Å². The maximum absolute atomic E-state index is 11.4. The van der Waals surface area contributed by atoms with Gasteiger partial charge in [0, 0.05) is 24.4 Å². The van der Waals surface area contributed by atoms with Crippen LogP contribution in [0, 0.1) is 5.92 Å². The molecule has 0 radical (unpaired) electrons. The Balaban J connectivity index is 1.96. The monoisotopic (exact) mass is 334 g/mol. The summed E-state index contributed by atoms with van der Waals surface area (Å²) in [6.07, 6.45) is 0.907. The van der Waals surface area contributed by atoms with Crippen molar-refractivity contribution in [2.24, 2.45) is 5.92 Å². The van der Waals surface area contributed by atoms with Crippen LogP contribution < -0.4 is 4.90 Å². The summed E-state index contributed by atoms with van der Waals surface area (Å²) in [5.74, 6) is -0.0684. The molecule has 5 nitrogen and oxygen atoms in total. The third kappa shape index (κ3) is 2.99. The number of fused-ring (bicyclic) bond motifs is 1. The molecule has 122 valence electrons. The van der Waals surface area contributed by atoms with E-state index in [2.05, 4.69) is 9.88 Å². The minimum absolute atomic E-state index is 0.0824. The van der Waals surface area contributed by atoms with Gasteiger partial charge < -0.3 is 15.1 Å². The Labute approximate surface area is 139 Å². The lowest BCUT2D eigenvalue weighted by atomic mass is 9.90. The van der Waals surface area contributed by atoms with Gasteiger partial charge >= 0.3 is 5.97 Å². The van der Waals surface area contributed by atoms with Crippen molar-refractivity contribution in [3.05, 3.63) is 34.9 Å². The zero-order valence-electron chi connectivity index (χ0n) is 13.1. The third-order valence-corrected chi connectivity index (χ3v) is 4.85. The smallest absolute Gasteiger partial charge is 0.337 e. The first-order valence-electron chi connectivity index (χ1n) is 7.57. The molecule has 23 heavy (non-hydrogen) atoms. The van der Waals surface area contributed by atoms with Gasteiger partial charge in [0.15, 0.2) is 0 Å². The van der Waals surface area contributed by atoms with Crippen molar-refractivity contribution in [2.75, 3.05) is 18.0 Å². The number of carboxylic acid groups (broad SMARTS) is 1. The fourth-order valence-corrected chi connectivity index (χ4v) is 3.35. The summed E-state index contributed by atoms with van der Waals surface area (Å²) in [5, 5.41) is 20.2. The van der Waals surface area contributed by atoms with Gasteiger partial charge in [0.05, 0.1) is 21.7 Å². The van der Waals surface area contributed by atoms with Crippen molar-refractivity contribution in [1.29, 1.82) is 0 Å². The predicted molar refractivity (Wildman–Crippen MR) is 90.3 cm³/mol. The van der Waals surface area contributed by atoms with Crippen molar-refractivity contribution in [3.63, 3.8) is 0 Å². The van der Waals surface area contributed by atoms with E-state index in [0.29, 0.717) is 10.9 Å². The van der Waals surface area contributed by atoms with Gasteiger partial charge in [-0.25, -0.2) is 9.78 Å². The lowest BCUT2D eigenvalue weighted by Gasteiger charge is -2.26. The minimum Gasteiger partial charge on any atom is -0.478 e. The second-order valence-corrected chi connectivity index (χ2v) is 6.96. The molecular weight excluding hydrogens is 316 g/mol. The van der Waals surface area contributed by atoms with Crippen molar-refractivity contribution in [2.45, 2.75) is 25.9 Å². The molecule has 1 fully saturated rings. The summed E-state index contributed by atoms with van der Waals surface area (Å²) in [6, 6.07) is 6.87. The highest BCUT2D eigenvalue weighted by molar-refractivity contribution is 6.35. The molecular formula is C17H19ClN2O3. The maximum atomic E-state index is 11.4. The van der Waals surface area contributed by atoms with Gasteiger partial charge in [-0.1, -0.05) is 11.6 Å². The average Bonchev–Trinajstić information content (AvgIpc) is 2.96. The molecule has 2 aromatic rings. The quantitative estimate of drug-likeness (QED) is 0.901. The van der Waals surface area contributed by atoms with Crippen LogP contribution in [0.3, 0.4) is 0 Å². The summed E-state index contributed by atoms with van der Waals surface area (Å²) in [6.45, 7) is 5.22. The highest BCUT2D eigenvalue weighted by Gasteiger charge is 2.34. The van der Waals surface area contributed by atoms with Crippen molar-refractivity contribution >= 4 is 34.3 Å². The standard InChI is InChI=1S/C17H19ClN2O3/c1-17(2,23)10-7-8-20(9-10)14-6-3-11-13(19-14)5-4-12(18)15(11)16(21)22/h3-6,10,23H,7-9H2,1-2H3,(H,21,22). The van der Waals surface area contributed by atoms with E-state index in [9.17, 15) is 15.0 Å². The number of benzene rings is 1. The van der Waals surface area contributed by atoms with Gasteiger partial charge in [0.2, 0.25) is 0 Å². The van der Waals surface area contributed by atoms with E-state index >= 15 is 0 Å². The van der Waals surface area contributed by atoms with Gasteiger partial charge in [0.1, 0.15) is 5.82 Å². The Kier molecular flexibility index (Phi) is 3.94. The minimum atomic E-state index is -1.06. The van der Waals surface area contributed by atoms with Crippen LogP contribution >= 0.6 is 11.6 Å². The van der Waals surface area contributed by atoms with E-state index in [4.69, 9.17) is 11.6 Å². The van der Waals surface area contributed by atoms with Gasteiger partial charge in [-0.3, -0.25) is 0 Å². The zero-order chi connectivity index (χ0) is 16.8. The van der Waals surface area contributed by atoms with Crippen LogP contribution in [0.25, 0.3) is 10.9 Å². The van der Waals surface area contributed by atoms with Crippen molar-refractivity contribution in [3.8, 4) is 0 Å². The Bertz CT molecular complexity index is 770. The molecule has 2 N–H and O–H groups in total. The summed E-state index contributed by atoms with van der Waals surface area (Å²) in [7, 11) is 0. The third-order valence-electron chi connectivity index (χ3n) is 4.53. The van der Waals surface area contributed by atoms with Gasteiger partial charge in [-0.15, -0.1) is 0 Å². The number of hydrogen-bond acceptors (Lipinski definition) is 4. The Morgan fingerprint density at radius 2 is 2.09 bits per heavy atom. The summed E-state index contributed by atoms with van der Waals surface area (Å²) in [5.41, 5.74) is -0.0229. The van der Waals surface area contributed by atoms with Gasteiger partial charge in [-0.2, -0.15) is 0 Å². The fraction of sp³-hybridized carbons (Fsp3) is 0.412. The Morgan fingerprint density at radius 3 is 2.70 bits per heavy atom. The second-order valence-electron chi connectivity index (χ2n) is 6.55. The number of pyridine rings is 1. The number of halogens is 1. The molecule has 1 aromatic carbocycles. The van der Waals surface area contributed by atoms with Crippen LogP contribution in [0.15, 0.2) is 24.3 Å². The predicted octanol–water partition coefficient (Wildman–Crippen LogP) is 3.18. The van der Waals surface area contributed by atoms with E-state index < -0.39 is 11.6 Å². The number of aromatic carboxylic acids is 1. The number of carboxylic acids is 1. The zero-order valence-corrected chi connectivity index (χ0v) is 13.8. The molecule has 1 aromatic heterocycles. The normalized spacial score (nSPS) is 18.6. The number of nitrogens with zero attached hydrogens (tertiary/aromatic N) is 2. The molecule has 1 aliphatic rings. The number of anilines is 1. The van der Waals surface area contributed by atoms with Crippen LogP contribution in [0.5, 0.6) is 0 Å². The molecule has 0 saturated carbocycles. The first-order chi connectivity index (χ1) is 10.8. The summed E-state index contributed by atoms with van der Waals surface area (Å²) < 4.78 is 0. The molecule has 0 aliphatic carbocycles. The van der Waals surface area contributed by atoms with Gasteiger partial charge in [0.25, 0.3) is 0 Å². The number of hydrogen-bond donors (Lipinski definition) is 2. The molecule has 1 unspecified atom stereocenters. The van der Waals surface area contributed by atoms with E-state index in [1.165, 1.54) is 0 Å². The summed E-state index contributed by atoms with van der Waals surface area (Å²) in [4.78, 5) is 18.1. The Hall–Kier alpha value is -1.85. The first-order valence-corrected chi connectivity index (χ1v) is 7.95. The average molecular weight is 335 g/mol. The highest BCUT2D eigenvalue weighted by Crippen LogP contribution is 2.32. The number of aromatic nitrogens is 1. The van der Waals surface area contributed by atoms with Crippen LogP contribution in [0.4, 0.5) is 5.82 Å². The Morgan fingerprint density at radius 1 is 1.35 bits per heavy atom. The molecule has 0 amide bonds. The van der Waals surface area contributed by atoms with E-state index in [1.54, 1.807) is 18.2 Å². The van der Waals surface area contributed by atoms with E-state index in [0.717, 1.165) is 25.3 Å². The SMILES string of the molecule is CC(C)(O)C1CCN(c2ccc3c(C(=O)O)c(Cl)ccc3n2)C1. The van der Waals surface area contributed by atoms with Crippen molar-refractivity contribution in [1.82, 2.24) is 4.98 Å². The van der Waals surface area contributed by atoms with Crippen LogP contribution in [0.2, 0.25) is 5.02 Å². The molecule has 1 saturated heterocycles. The second kappa shape index (κ2) is 5.65. The van der Waals surface area contributed by atoms with Crippen LogP contribution in [-0.2, 0) is 0 Å². The highest BCUT2D eigenvalue weighted by atomic mass is 35.5. The largest absolute Gasteiger partial charge is 0.478 e. The molecule has 2 heterocycles. The fourth-order valence-electron chi connectivity index (χ4n) is 3.11. The van der Waals surface area contributed by atoms with Gasteiger partial charge in [-0.05, 0) is 44.5 Å². The van der Waals surface area contributed by atoms with Crippen LogP contribution in [0.1, 0.15) is 30.6 Å². The number of aliphatic hydroxyl groups is 1. The lowest BCUT2D eigenvalue weighted by Crippen LogP contribution is -2.33. The molecule has 0 spiro atoms. The van der Waals surface area contributed by atoms with Crippen molar-refractivity contribution < 1.29 is 15.0 Å².